The Balaban J connectivity index is 1.83. The van der Waals surface area contributed by atoms with Crippen LogP contribution >= 0.6 is 0 Å². The molecule has 2 aromatic rings. The molecule has 1 aliphatic rings. The molecule has 1 unspecified atom stereocenters. The van der Waals surface area contributed by atoms with Crippen molar-refractivity contribution in [1.29, 1.82) is 0 Å². The van der Waals surface area contributed by atoms with E-state index in [4.69, 9.17) is 0 Å². The number of nitrogens with zero attached hydrogens (tertiary/aromatic N) is 2. The van der Waals surface area contributed by atoms with E-state index < -0.39 is 0 Å². The largest absolute Gasteiger partial charge is 0.314 e. The maximum Gasteiger partial charge on any atom is 0.123 e. The SMILES string of the molecule is Cc1ccncc1CN1CCNCC1c1cccc(F)c1. The minimum absolute atomic E-state index is 0.171. The number of hydrogen-bond acceptors (Lipinski definition) is 3. The van der Waals surface area contributed by atoms with Gasteiger partial charge in [-0.05, 0) is 41.8 Å². The average Bonchev–Trinajstić information content (AvgIpc) is 2.50. The molecule has 3 nitrogen and oxygen atoms in total. The number of halogens is 1. The fourth-order valence-corrected chi connectivity index (χ4v) is 2.86. The van der Waals surface area contributed by atoms with E-state index in [1.807, 2.05) is 24.5 Å². The molecule has 3 rings (SSSR count). The molecule has 0 spiro atoms. The van der Waals surface area contributed by atoms with E-state index in [1.54, 1.807) is 12.1 Å². The van der Waals surface area contributed by atoms with Crippen molar-refractivity contribution in [3.63, 3.8) is 0 Å². The summed E-state index contributed by atoms with van der Waals surface area (Å²) in [6.45, 7) is 5.72. The van der Waals surface area contributed by atoms with Gasteiger partial charge in [0.05, 0.1) is 0 Å². The van der Waals surface area contributed by atoms with E-state index in [0.717, 1.165) is 31.7 Å². The van der Waals surface area contributed by atoms with Gasteiger partial charge in [-0.3, -0.25) is 9.88 Å². The van der Waals surface area contributed by atoms with Crippen molar-refractivity contribution in [2.45, 2.75) is 19.5 Å². The number of aromatic nitrogens is 1. The molecule has 1 aliphatic heterocycles. The Morgan fingerprint density at radius 1 is 1.38 bits per heavy atom. The summed E-state index contributed by atoms with van der Waals surface area (Å²) in [6, 6.07) is 9.16. The highest BCUT2D eigenvalue weighted by Crippen LogP contribution is 2.25. The summed E-state index contributed by atoms with van der Waals surface area (Å²) in [5, 5.41) is 3.40. The Hall–Kier alpha value is -1.78. The van der Waals surface area contributed by atoms with E-state index >= 15 is 0 Å². The van der Waals surface area contributed by atoms with E-state index in [1.165, 1.54) is 17.2 Å². The fraction of sp³-hybridized carbons (Fsp3) is 0.353. The first-order valence-corrected chi connectivity index (χ1v) is 7.34. The van der Waals surface area contributed by atoms with Crippen molar-refractivity contribution in [2.75, 3.05) is 19.6 Å². The monoisotopic (exact) mass is 285 g/mol. The lowest BCUT2D eigenvalue weighted by molar-refractivity contribution is 0.153. The Morgan fingerprint density at radius 2 is 2.29 bits per heavy atom. The first kappa shape index (κ1) is 14.2. The van der Waals surface area contributed by atoms with Gasteiger partial charge in [-0.25, -0.2) is 4.39 Å². The number of pyridine rings is 1. The quantitative estimate of drug-likeness (QED) is 0.940. The van der Waals surface area contributed by atoms with Crippen LogP contribution in [0, 0.1) is 12.7 Å². The summed E-state index contributed by atoms with van der Waals surface area (Å²) in [7, 11) is 0. The van der Waals surface area contributed by atoms with Crippen molar-refractivity contribution < 1.29 is 4.39 Å². The van der Waals surface area contributed by atoms with Crippen molar-refractivity contribution in [2.24, 2.45) is 0 Å². The highest BCUT2D eigenvalue weighted by atomic mass is 19.1. The van der Waals surface area contributed by atoms with Crippen LogP contribution in [0.2, 0.25) is 0 Å². The van der Waals surface area contributed by atoms with Gasteiger partial charge in [0.15, 0.2) is 0 Å². The van der Waals surface area contributed by atoms with E-state index in [2.05, 4.69) is 22.1 Å². The maximum absolute atomic E-state index is 13.5. The van der Waals surface area contributed by atoms with Crippen LogP contribution in [0.1, 0.15) is 22.7 Å². The molecule has 1 aromatic carbocycles. The molecule has 0 bridgehead atoms. The molecule has 110 valence electrons. The smallest absolute Gasteiger partial charge is 0.123 e. The third-order valence-electron chi connectivity index (χ3n) is 4.11. The molecular weight excluding hydrogens is 265 g/mol. The Bertz CT molecular complexity index is 614. The van der Waals surface area contributed by atoms with Crippen molar-refractivity contribution >= 4 is 0 Å². The average molecular weight is 285 g/mol. The number of aryl methyl sites for hydroxylation is 1. The number of piperazine rings is 1. The summed E-state index contributed by atoms with van der Waals surface area (Å²) in [6.07, 6.45) is 3.75. The minimum Gasteiger partial charge on any atom is -0.314 e. The highest BCUT2D eigenvalue weighted by molar-refractivity contribution is 5.24. The molecule has 0 radical (unpaired) electrons. The van der Waals surface area contributed by atoms with Crippen LogP contribution in [0.5, 0.6) is 0 Å². The first-order valence-electron chi connectivity index (χ1n) is 7.34. The summed E-state index contributed by atoms with van der Waals surface area (Å²) in [4.78, 5) is 6.62. The zero-order valence-electron chi connectivity index (χ0n) is 12.2. The molecule has 1 saturated heterocycles. The second-order valence-corrected chi connectivity index (χ2v) is 5.55. The highest BCUT2D eigenvalue weighted by Gasteiger charge is 2.24. The molecule has 2 heterocycles. The number of hydrogen-bond donors (Lipinski definition) is 1. The zero-order valence-corrected chi connectivity index (χ0v) is 12.2. The van der Waals surface area contributed by atoms with Crippen LogP contribution in [0.15, 0.2) is 42.7 Å². The lowest BCUT2D eigenvalue weighted by atomic mass is 10.0. The van der Waals surface area contributed by atoms with Gasteiger partial charge in [0.25, 0.3) is 0 Å². The van der Waals surface area contributed by atoms with E-state index in [9.17, 15) is 4.39 Å². The van der Waals surface area contributed by atoms with Crippen molar-refractivity contribution in [1.82, 2.24) is 15.2 Å². The van der Waals surface area contributed by atoms with Crippen LogP contribution in [0.25, 0.3) is 0 Å². The topological polar surface area (TPSA) is 28.2 Å². The Kier molecular flexibility index (Phi) is 4.27. The fourth-order valence-electron chi connectivity index (χ4n) is 2.86. The third-order valence-corrected chi connectivity index (χ3v) is 4.11. The molecule has 1 aromatic heterocycles. The van der Waals surface area contributed by atoms with Gasteiger partial charge in [-0.1, -0.05) is 12.1 Å². The molecule has 0 aliphatic carbocycles. The van der Waals surface area contributed by atoms with Crippen molar-refractivity contribution in [3.8, 4) is 0 Å². The summed E-state index contributed by atoms with van der Waals surface area (Å²) in [5.41, 5.74) is 3.52. The van der Waals surface area contributed by atoms with Crippen LogP contribution in [0.3, 0.4) is 0 Å². The second-order valence-electron chi connectivity index (χ2n) is 5.55. The normalized spacial score (nSPS) is 19.6. The standard InChI is InChI=1S/C17H20FN3/c1-13-5-6-19-10-15(13)12-21-8-7-20-11-17(21)14-3-2-4-16(18)9-14/h2-6,9-10,17,20H,7-8,11-12H2,1H3. The Labute approximate surface area is 124 Å². The molecule has 0 saturated carbocycles. The third kappa shape index (κ3) is 3.28. The van der Waals surface area contributed by atoms with E-state index in [-0.39, 0.29) is 11.9 Å². The maximum atomic E-state index is 13.5. The zero-order chi connectivity index (χ0) is 14.7. The molecule has 0 amide bonds. The first-order chi connectivity index (χ1) is 10.2. The number of rotatable bonds is 3. The van der Waals surface area contributed by atoms with Crippen LogP contribution in [-0.4, -0.2) is 29.5 Å². The molecule has 4 heteroatoms. The van der Waals surface area contributed by atoms with Gasteiger partial charge < -0.3 is 5.32 Å². The summed E-state index contributed by atoms with van der Waals surface area (Å²) >= 11 is 0. The van der Waals surface area contributed by atoms with Gasteiger partial charge >= 0.3 is 0 Å². The summed E-state index contributed by atoms with van der Waals surface area (Å²) in [5.74, 6) is -0.171. The van der Waals surface area contributed by atoms with Gasteiger partial charge in [0.2, 0.25) is 0 Å². The van der Waals surface area contributed by atoms with Gasteiger partial charge in [0.1, 0.15) is 5.82 Å². The molecule has 1 fully saturated rings. The second kappa shape index (κ2) is 6.33. The molecular formula is C17H20FN3. The van der Waals surface area contributed by atoms with Crippen LogP contribution in [0.4, 0.5) is 4.39 Å². The minimum atomic E-state index is -0.171. The predicted molar refractivity (Wildman–Crippen MR) is 81.4 cm³/mol. The van der Waals surface area contributed by atoms with Gasteiger partial charge in [-0.2, -0.15) is 0 Å². The number of benzene rings is 1. The van der Waals surface area contributed by atoms with E-state index in [0.29, 0.717) is 0 Å². The number of nitrogens with one attached hydrogen (secondary N) is 1. The molecule has 21 heavy (non-hydrogen) atoms. The summed E-state index contributed by atoms with van der Waals surface area (Å²) < 4.78 is 13.5. The van der Waals surface area contributed by atoms with Crippen LogP contribution in [-0.2, 0) is 6.54 Å². The molecule has 1 atom stereocenters. The van der Waals surface area contributed by atoms with Crippen molar-refractivity contribution in [3.05, 3.63) is 65.2 Å². The lowest BCUT2D eigenvalue weighted by Gasteiger charge is -2.36. The Morgan fingerprint density at radius 3 is 3.10 bits per heavy atom. The lowest BCUT2D eigenvalue weighted by Crippen LogP contribution is -2.45. The molecule has 1 N–H and O–H groups in total. The van der Waals surface area contributed by atoms with Crippen LogP contribution < -0.4 is 5.32 Å². The predicted octanol–water partition coefficient (Wildman–Crippen LogP) is 2.68. The van der Waals surface area contributed by atoms with Gasteiger partial charge in [-0.15, -0.1) is 0 Å². The van der Waals surface area contributed by atoms with Gasteiger partial charge in [0, 0.05) is 44.6 Å².